The van der Waals surface area contributed by atoms with Gasteiger partial charge in [-0.3, -0.25) is 4.79 Å². The zero-order valence-electron chi connectivity index (χ0n) is 14.6. The summed E-state index contributed by atoms with van der Waals surface area (Å²) in [6.45, 7) is 2.35. The van der Waals surface area contributed by atoms with Crippen LogP contribution >= 0.6 is 0 Å². The molecule has 4 nitrogen and oxygen atoms in total. The van der Waals surface area contributed by atoms with Gasteiger partial charge in [0.2, 0.25) is 5.91 Å². The summed E-state index contributed by atoms with van der Waals surface area (Å²) in [4.78, 5) is 11.3. The first-order valence-electron chi connectivity index (χ1n) is 8.46. The Kier molecular flexibility index (Phi) is 5.88. The lowest BCUT2D eigenvalue weighted by Gasteiger charge is -2.15. The van der Waals surface area contributed by atoms with Crippen LogP contribution in [0.4, 0.5) is 5.69 Å². The Hall–Kier alpha value is -3.27. The van der Waals surface area contributed by atoms with Crippen LogP contribution in [0, 0.1) is 0 Å². The summed E-state index contributed by atoms with van der Waals surface area (Å²) in [6.07, 6.45) is 0. The van der Waals surface area contributed by atoms with Gasteiger partial charge in [0.05, 0.1) is 0 Å². The second-order valence-corrected chi connectivity index (χ2v) is 5.89. The van der Waals surface area contributed by atoms with E-state index in [1.165, 1.54) is 6.92 Å². The lowest BCUT2D eigenvalue weighted by molar-refractivity contribution is -0.114. The van der Waals surface area contributed by atoms with Gasteiger partial charge in [-0.25, -0.2) is 0 Å². The van der Waals surface area contributed by atoms with Gasteiger partial charge in [0.15, 0.2) is 11.5 Å². The minimum atomic E-state index is -0.128. The SMILES string of the molecule is CC(=O)Nc1ccc(OCc2ccccc2)c(OCc2ccccc2)c1. The molecule has 4 heteroatoms. The number of ether oxygens (including phenoxy) is 2. The van der Waals surface area contributed by atoms with Crippen LogP contribution in [0.25, 0.3) is 0 Å². The van der Waals surface area contributed by atoms with Gasteiger partial charge in [-0.2, -0.15) is 0 Å². The molecule has 0 bridgehead atoms. The molecule has 1 amide bonds. The van der Waals surface area contributed by atoms with Crippen molar-refractivity contribution in [2.75, 3.05) is 5.32 Å². The van der Waals surface area contributed by atoms with Crippen LogP contribution in [0.5, 0.6) is 11.5 Å². The Morgan fingerprint density at radius 2 is 1.31 bits per heavy atom. The number of anilines is 1. The zero-order valence-corrected chi connectivity index (χ0v) is 14.6. The quantitative estimate of drug-likeness (QED) is 0.668. The fraction of sp³-hybridized carbons (Fsp3) is 0.136. The highest BCUT2D eigenvalue weighted by molar-refractivity contribution is 5.89. The lowest BCUT2D eigenvalue weighted by atomic mass is 10.2. The number of rotatable bonds is 7. The molecule has 26 heavy (non-hydrogen) atoms. The molecule has 3 aromatic carbocycles. The molecule has 1 N–H and O–H groups in total. The molecule has 132 valence electrons. The largest absolute Gasteiger partial charge is 0.485 e. The fourth-order valence-corrected chi connectivity index (χ4v) is 2.49. The highest BCUT2D eigenvalue weighted by Gasteiger charge is 2.09. The minimum absolute atomic E-state index is 0.128. The van der Waals surface area contributed by atoms with E-state index in [2.05, 4.69) is 5.32 Å². The Bertz CT molecular complexity index is 848. The second-order valence-electron chi connectivity index (χ2n) is 5.89. The third kappa shape index (κ3) is 5.11. The summed E-state index contributed by atoms with van der Waals surface area (Å²) in [5, 5.41) is 2.77. The fourth-order valence-electron chi connectivity index (χ4n) is 2.49. The second kappa shape index (κ2) is 8.72. The van der Waals surface area contributed by atoms with Crippen LogP contribution in [0.15, 0.2) is 78.9 Å². The van der Waals surface area contributed by atoms with E-state index in [9.17, 15) is 4.79 Å². The molecule has 0 heterocycles. The Morgan fingerprint density at radius 3 is 1.85 bits per heavy atom. The van der Waals surface area contributed by atoms with Crippen molar-refractivity contribution in [1.82, 2.24) is 0 Å². The summed E-state index contributed by atoms with van der Waals surface area (Å²) in [6, 6.07) is 25.3. The Balaban J connectivity index is 1.76. The number of amides is 1. The average Bonchev–Trinajstić information content (AvgIpc) is 2.67. The number of nitrogens with one attached hydrogen (secondary N) is 1. The molecule has 3 aromatic rings. The van der Waals surface area contributed by atoms with Crippen molar-refractivity contribution < 1.29 is 14.3 Å². The molecule has 0 aliphatic carbocycles. The van der Waals surface area contributed by atoms with Gasteiger partial charge in [-0.05, 0) is 23.3 Å². The normalized spacial score (nSPS) is 10.2. The van der Waals surface area contributed by atoms with E-state index in [0.29, 0.717) is 30.4 Å². The maximum Gasteiger partial charge on any atom is 0.221 e. The molecule has 0 atom stereocenters. The molecular formula is C22H21NO3. The number of carbonyl (C=O) groups is 1. The smallest absolute Gasteiger partial charge is 0.221 e. The van der Waals surface area contributed by atoms with Crippen molar-refractivity contribution in [3.05, 3.63) is 90.0 Å². The van der Waals surface area contributed by atoms with Gasteiger partial charge in [0, 0.05) is 18.7 Å². The summed E-state index contributed by atoms with van der Waals surface area (Å²) in [5.41, 5.74) is 2.81. The maximum absolute atomic E-state index is 11.3. The van der Waals surface area contributed by atoms with Crippen LogP contribution in [0.2, 0.25) is 0 Å². The van der Waals surface area contributed by atoms with Gasteiger partial charge in [0.1, 0.15) is 13.2 Å². The van der Waals surface area contributed by atoms with Gasteiger partial charge in [-0.1, -0.05) is 60.7 Å². The Labute approximate surface area is 153 Å². The number of hydrogen-bond acceptors (Lipinski definition) is 3. The lowest BCUT2D eigenvalue weighted by Crippen LogP contribution is -2.07. The van der Waals surface area contributed by atoms with Crippen molar-refractivity contribution in [2.45, 2.75) is 20.1 Å². The van der Waals surface area contributed by atoms with Crippen LogP contribution in [0.3, 0.4) is 0 Å². The first-order chi connectivity index (χ1) is 12.7. The summed E-state index contributed by atoms with van der Waals surface area (Å²) >= 11 is 0. The zero-order chi connectivity index (χ0) is 18.2. The number of benzene rings is 3. The molecular weight excluding hydrogens is 326 g/mol. The molecule has 0 unspecified atom stereocenters. The highest BCUT2D eigenvalue weighted by atomic mass is 16.5. The molecule has 0 aliphatic heterocycles. The third-order valence-corrected chi connectivity index (χ3v) is 3.74. The summed E-state index contributed by atoms with van der Waals surface area (Å²) in [7, 11) is 0. The van der Waals surface area contributed by atoms with Gasteiger partial charge in [0.25, 0.3) is 0 Å². The van der Waals surface area contributed by atoms with Crippen LogP contribution in [-0.4, -0.2) is 5.91 Å². The molecule has 0 aromatic heterocycles. The van der Waals surface area contributed by atoms with Gasteiger partial charge >= 0.3 is 0 Å². The third-order valence-electron chi connectivity index (χ3n) is 3.74. The van der Waals surface area contributed by atoms with Crippen molar-refractivity contribution >= 4 is 11.6 Å². The van der Waals surface area contributed by atoms with E-state index in [-0.39, 0.29) is 5.91 Å². The average molecular weight is 347 g/mol. The van der Waals surface area contributed by atoms with E-state index >= 15 is 0 Å². The molecule has 0 fully saturated rings. The first kappa shape index (κ1) is 17.5. The van der Waals surface area contributed by atoms with Crippen molar-refractivity contribution in [3.8, 4) is 11.5 Å². The molecule has 0 aliphatic rings. The van der Waals surface area contributed by atoms with Gasteiger partial charge in [-0.15, -0.1) is 0 Å². The standard InChI is InChI=1S/C22H21NO3/c1-17(24)23-20-12-13-21(25-15-18-8-4-2-5-9-18)22(14-20)26-16-19-10-6-3-7-11-19/h2-14H,15-16H2,1H3,(H,23,24). The van der Waals surface area contributed by atoms with Crippen LogP contribution < -0.4 is 14.8 Å². The molecule has 0 saturated heterocycles. The van der Waals surface area contributed by atoms with Gasteiger partial charge < -0.3 is 14.8 Å². The summed E-state index contributed by atoms with van der Waals surface area (Å²) < 4.78 is 11.9. The summed E-state index contributed by atoms with van der Waals surface area (Å²) in [5.74, 6) is 1.10. The molecule has 0 spiro atoms. The van der Waals surface area contributed by atoms with E-state index in [1.54, 1.807) is 12.1 Å². The molecule has 3 rings (SSSR count). The van der Waals surface area contributed by atoms with Crippen LogP contribution in [-0.2, 0) is 18.0 Å². The number of carbonyl (C=O) groups excluding carboxylic acids is 1. The topological polar surface area (TPSA) is 47.6 Å². The monoisotopic (exact) mass is 347 g/mol. The molecule has 0 saturated carbocycles. The van der Waals surface area contributed by atoms with E-state index in [1.807, 2.05) is 66.7 Å². The van der Waals surface area contributed by atoms with Crippen molar-refractivity contribution in [1.29, 1.82) is 0 Å². The van der Waals surface area contributed by atoms with Crippen molar-refractivity contribution in [2.24, 2.45) is 0 Å². The van der Waals surface area contributed by atoms with Crippen molar-refractivity contribution in [3.63, 3.8) is 0 Å². The Morgan fingerprint density at radius 1 is 0.769 bits per heavy atom. The van der Waals surface area contributed by atoms with E-state index in [0.717, 1.165) is 11.1 Å². The van der Waals surface area contributed by atoms with Crippen LogP contribution in [0.1, 0.15) is 18.1 Å². The molecule has 0 radical (unpaired) electrons. The number of hydrogen-bond donors (Lipinski definition) is 1. The predicted molar refractivity (Wildman–Crippen MR) is 102 cm³/mol. The van der Waals surface area contributed by atoms with E-state index in [4.69, 9.17) is 9.47 Å². The predicted octanol–water partition coefficient (Wildman–Crippen LogP) is 4.80. The highest BCUT2D eigenvalue weighted by Crippen LogP contribution is 2.32. The maximum atomic E-state index is 11.3. The van der Waals surface area contributed by atoms with E-state index < -0.39 is 0 Å². The first-order valence-corrected chi connectivity index (χ1v) is 8.46. The minimum Gasteiger partial charge on any atom is -0.485 e.